The van der Waals surface area contributed by atoms with Gasteiger partial charge in [-0.05, 0) is 14.1 Å². The van der Waals surface area contributed by atoms with Gasteiger partial charge in [0.15, 0.2) is 0 Å². The summed E-state index contributed by atoms with van der Waals surface area (Å²) < 4.78 is 0. The van der Waals surface area contributed by atoms with Crippen molar-refractivity contribution in [3.63, 3.8) is 0 Å². The third-order valence-electron chi connectivity index (χ3n) is 7.50. The summed E-state index contributed by atoms with van der Waals surface area (Å²) in [5.74, 6) is 0. The average molecular weight is 466 g/mol. The van der Waals surface area contributed by atoms with E-state index < -0.39 is 0 Å². The summed E-state index contributed by atoms with van der Waals surface area (Å²) in [7, 11) is 3.75. The molecule has 0 aromatic heterocycles. The Hall–Kier alpha value is -0.0400. The number of hydrogen-bond donors (Lipinski definition) is 1. The van der Waals surface area contributed by atoms with Crippen LogP contribution in [0.4, 0.5) is 0 Å². The first kappa shape index (κ1) is 33.0. The van der Waals surface area contributed by atoms with Gasteiger partial charge in [-0.25, -0.2) is 0 Å². The van der Waals surface area contributed by atoms with Crippen molar-refractivity contribution in [2.45, 2.75) is 193 Å². The van der Waals surface area contributed by atoms with E-state index in [9.17, 15) is 0 Å². The van der Waals surface area contributed by atoms with Crippen LogP contribution in [0.2, 0.25) is 0 Å². The van der Waals surface area contributed by atoms with Crippen molar-refractivity contribution in [3.8, 4) is 0 Å². The lowest BCUT2D eigenvalue weighted by molar-refractivity contribution is 0.504. The molecule has 1 N–H and O–H groups in total. The molecule has 0 heterocycles. The third kappa shape index (κ3) is 32.0. The van der Waals surface area contributed by atoms with Crippen LogP contribution in [0, 0.1) is 0 Å². The van der Waals surface area contributed by atoms with Gasteiger partial charge in [-0.1, -0.05) is 193 Å². The standard InChI is InChI=1S/3C10H20.C2H7N/c3*1-2-4-6-8-10-9-7-5-3-1;1-3-2/h3*1-10H2;3H,1-2H3. The normalized spacial score (nSPS) is 22.4. The molecule has 0 aromatic carbocycles. The van der Waals surface area contributed by atoms with Gasteiger partial charge in [0.2, 0.25) is 0 Å². The number of hydrogen-bond acceptors (Lipinski definition) is 1. The smallest absolute Gasteiger partial charge is 0.0167 e. The highest BCUT2D eigenvalue weighted by Crippen LogP contribution is 2.17. The Morgan fingerprint density at radius 1 is 0.182 bits per heavy atom. The van der Waals surface area contributed by atoms with Gasteiger partial charge in [0, 0.05) is 0 Å². The first-order valence-electron chi connectivity index (χ1n) is 16.0. The van der Waals surface area contributed by atoms with Gasteiger partial charge in [0.05, 0.1) is 0 Å². The van der Waals surface area contributed by atoms with Gasteiger partial charge in [0.25, 0.3) is 0 Å². The van der Waals surface area contributed by atoms with Crippen molar-refractivity contribution >= 4 is 0 Å². The lowest BCUT2D eigenvalue weighted by Crippen LogP contribution is -1.89. The van der Waals surface area contributed by atoms with Crippen molar-refractivity contribution in [2.75, 3.05) is 14.1 Å². The molecule has 200 valence electrons. The zero-order chi connectivity index (χ0) is 23.9. The van der Waals surface area contributed by atoms with E-state index in [4.69, 9.17) is 0 Å². The van der Waals surface area contributed by atoms with Gasteiger partial charge in [-0.15, -0.1) is 0 Å². The van der Waals surface area contributed by atoms with E-state index in [2.05, 4.69) is 5.32 Å². The molecule has 0 atom stereocenters. The summed E-state index contributed by atoms with van der Waals surface area (Å²) in [5.41, 5.74) is 0. The van der Waals surface area contributed by atoms with E-state index in [0.717, 1.165) is 0 Å². The quantitative estimate of drug-likeness (QED) is 0.375. The fourth-order valence-electron chi connectivity index (χ4n) is 5.30. The maximum absolute atomic E-state index is 2.75. The Balaban J connectivity index is 0.000000439. The van der Waals surface area contributed by atoms with E-state index in [1.807, 2.05) is 14.1 Å². The highest BCUT2D eigenvalue weighted by Gasteiger charge is 1.97. The zero-order valence-electron chi connectivity index (χ0n) is 23.7. The summed E-state index contributed by atoms with van der Waals surface area (Å²) in [6.45, 7) is 0. The molecule has 0 aliphatic heterocycles. The van der Waals surface area contributed by atoms with E-state index >= 15 is 0 Å². The van der Waals surface area contributed by atoms with Crippen LogP contribution in [0.1, 0.15) is 193 Å². The first-order chi connectivity index (χ1) is 16.4. The maximum Gasteiger partial charge on any atom is -0.0167 e. The molecule has 0 bridgehead atoms. The minimum absolute atomic E-state index is 1.50. The highest BCUT2D eigenvalue weighted by atomic mass is 14.7. The van der Waals surface area contributed by atoms with Crippen LogP contribution in [0.25, 0.3) is 0 Å². The van der Waals surface area contributed by atoms with Crippen LogP contribution in [-0.2, 0) is 0 Å². The number of rotatable bonds is 0. The molecule has 1 nitrogen and oxygen atoms in total. The van der Waals surface area contributed by atoms with Crippen molar-refractivity contribution in [1.82, 2.24) is 5.32 Å². The summed E-state index contributed by atoms with van der Waals surface area (Å²) in [6, 6.07) is 0. The second-order valence-electron chi connectivity index (χ2n) is 11.1. The molecular formula is C32H67N. The van der Waals surface area contributed by atoms with Crippen LogP contribution in [0.15, 0.2) is 0 Å². The molecule has 3 aliphatic carbocycles. The zero-order valence-corrected chi connectivity index (χ0v) is 23.7. The molecule has 3 aliphatic rings. The van der Waals surface area contributed by atoms with Gasteiger partial charge >= 0.3 is 0 Å². The van der Waals surface area contributed by atoms with Gasteiger partial charge in [-0.2, -0.15) is 0 Å². The minimum Gasteiger partial charge on any atom is -0.323 e. The summed E-state index contributed by atoms with van der Waals surface area (Å²) in [5, 5.41) is 2.75. The van der Waals surface area contributed by atoms with Crippen molar-refractivity contribution in [1.29, 1.82) is 0 Å². The second-order valence-corrected chi connectivity index (χ2v) is 11.1. The van der Waals surface area contributed by atoms with Crippen LogP contribution in [-0.4, -0.2) is 14.1 Å². The number of nitrogens with one attached hydrogen (secondary N) is 1. The Morgan fingerprint density at radius 2 is 0.212 bits per heavy atom. The molecule has 3 fully saturated rings. The molecule has 0 radical (unpaired) electrons. The first-order valence-corrected chi connectivity index (χ1v) is 16.0. The van der Waals surface area contributed by atoms with Crippen LogP contribution in [0.5, 0.6) is 0 Å². The van der Waals surface area contributed by atoms with Gasteiger partial charge in [0.1, 0.15) is 0 Å². The fraction of sp³-hybridized carbons (Fsp3) is 1.00. The lowest BCUT2D eigenvalue weighted by atomic mass is 10.0. The van der Waals surface area contributed by atoms with Crippen molar-refractivity contribution < 1.29 is 0 Å². The third-order valence-corrected chi connectivity index (χ3v) is 7.50. The van der Waals surface area contributed by atoms with Crippen molar-refractivity contribution in [2.24, 2.45) is 0 Å². The fourth-order valence-corrected chi connectivity index (χ4v) is 5.30. The minimum atomic E-state index is 1.50. The van der Waals surface area contributed by atoms with E-state index in [-0.39, 0.29) is 0 Å². The largest absolute Gasteiger partial charge is 0.323 e. The summed E-state index contributed by atoms with van der Waals surface area (Å²) in [4.78, 5) is 0. The Morgan fingerprint density at radius 3 is 0.242 bits per heavy atom. The molecule has 0 unspecified atom stereocenters. The molecule has 3 rings (SSSR count). The van der Waals surface area contributed by atoms with Crippen LogP contribution >= 0.6 is 0 Å². The Bertz CT molecular complexity index is 166. The molecule has 0 saturated heterocycles. The second kappa shape index (κ2) is 32.0. The van der Waals surface area contributed by atoms with Gasteiger partial charge < -0.3 is 5.32 Å². The maximum atomic E-state index is 2.75. The molecule has 3 saturated carbocycles. The molecule has 33 heavy (non-hydrogen) atoms. The molecule has 0 aromatic rings. The highest BCUT2D eigenvalue weighted by molar-refractivity contribution is 4.53. The summed E-state index contributed by atoms with van der Waals surface area (Å²) >= 11 is 0. The predicted molar refractivity (Wildman–Crippen MR) is 153 cm³/mol. The SMILES string of the molecule is C1CCCCCCCCC1.C1CCCCCCCCC1.C1CCCCCCCCC1.CNC. The lowest BCUT2D eigenvalue weighted by Gasteiger charge is -2.05. The van der Waals surface area contributed by atoms with E-state index in [0.29, 0.717) is 0 Å². The predicted octanol–water partition coefficient (Wildman–Crippen LogP) is 11.5. The van der Waals surface area contributed by atoms with Crippen LogP contribution < -0.4 is 5.32 Å². The Labute approximate surface area is 212 Å². The molecular weight excluding hydrogens is 398 g/mol. The molecule has 0 amide bonds. The summed E-state index contributed by atoms with van der Waals surface area (Å²) in [6.07, 6.45) is 45.0. The molecule has 1 heteroatoms. The molecule has 0 spiro atoms. The average Bonchev–Trinajstić information content (AvgIpc) is 2.86. The monoisotopic (exact) mass is 466 g/mol. The van der Waals surface area contributed by atoms with Crippen LogP contribution in [0.3, 0.4) is 0 Å². The van der Waals surface area contributed by atoms with Gasteiger partial charge in [-0.3, -0.25) is 0 Å². The van der Waals surface area contributed by atoms with E-state index in [1.165, 1.54) is 193 Å². The Kier molecular flexibility index (Phi) is 31.9. The van der Waals surface area contributed by atoms with E-state index in [1.54, 1.807) is 0 Å². The topological polar surface area (TPSA) is 12.0 Å². The van der Waals surface area contributed by atoms with Crippen molar-refractivity contribution in [3.05, 3.63) is 0 Å².